The minimum Gasteiger partial charge on any atom is -0.478 e. The van der Waals surface area contributed by atoms with Crippen LogP contribution in [0, 0.1) is 0 Å². The van der Waals surface area contributed by atoms with Crippen LogP contribution in [0.4, 0.5) is 10.5 Å². The number of hydrogen-bond acceptors (Lipinski definition) is 4. The van der Waals surface area contributed by atoms with Gasteiger partial charge in [0, 0.05) is 29.8 Å². The van der Waals surface area contributed by atoms with Gasteiger partial charge in [-0.15, -0.1) is 0 Å². The molecule has 2 amide bonds. The van der Waals surface area contributed by atoms with Gasteiger partial charge < -0.3 is 15.2 Å². The molecule has 0 spiro atoms. The van der Waals surface area contributed by atoms with Gasteiger partial charge in [0.25, 0.3) is 5.91 Å². The van der Waals surface area contributed by atoms with Gasteiger partial charge in [0.15, 0.2) is 0 Å². The number of carboxylic acids is 1. The van der Waals surface area contributed by atoms with E-state index in [9.17, 15) is 14.4 Å². The Morgan fingerprint density at radius 1 is 0.879 bits per heavy atom. The zero-order valence-electron chi connectivity index (χ0n) is 17.7. The molecule has 7 nitrogen and oxygen atoms in total. The highest BCUT2D eigenvalue weighted by Crippen LogP contribution is 2.44. The number of carbonyl (C=O) groups is 3. The second-order valence-corrected chi connectivity index (χ2v) is 7.48. The minimum atomic E-state index is -1.08. The first-order valence-electron chi connectivity index (χ1n) is 10.4. The third-order valence-electron chi connectivity index (χ3n) is 5.38. The largest absolute Gasteiger partial charge is 0.478 e. The Kier molecular flexibility index (Phi) is 6.50. The van der Waals surface area contributed by atoms with E-state index in [0.29, 0.717) is 11.3 Å². The molecule has 3 aromatic carbocycles. The van der Waals surface area contributed by atoms with Crippen molar-refractivity contribution in [3.63, 3.8) is 0 Å². The minimum absolute atomic E-state index is 0.0237. The Morgan fingerprint density at radius 3 is 2.09 bits per heavy atom. The van der Waals surface area contributed by atoms with Gasteiger partial charge in [-0.1, -0.05) is 54.6 Å². The summed E-state index contributed by atoms with van der Waals surface area (Å²) in [6.45, 7) is 0.315. The zero-order valence-corrected chi connectivity index (χ0v) is 17.7. The Bertz CT molecular complexity index is 1170. The van der Waals surface area contributed by atoms with Crippen LogP contribution < -0.4 is 10.6 Å². The molecule has 0 bridgehead atoms. The van der Waals surface area contributed by atoms with E-state index in [1.165, 1.54) is 6.08 Å². The first-order chi connectivity index (χ1) is 16.0. The summed E-state index contributed by atoms with van der Waals surface area (Å²) in [4.78, 5) is 34.9. The fourth-order valence-corrected chi connectivity index (χ4v) is 3.87. The number of fused-ring (bicyclic) bond motifs is 3. The normalized spacial score (nSPS) is 12.1. The number of ether oxygens (including phenoxy) is 1. The number of aliphatic carboxylic acids is 1. The maximum absolute atomic E-state index is 12.4. The number of hydrogen-bond donors (Lipinski definition) is 3. The number of carboxylic acid groups (broad SMARTS) is 1. The van der Waals surface area contributed by atoms with Crippen molar-refractivity contribution in [3.05, 3.63) is 102 Å². The SMILES string of the molecule is O=C(O)/C=C/CNC(=O)c1ccc(NC(=O)OCC2c3ccccc3-c3ccccc32)cc1. The molecular weight excluding hydrogens is 420 g/mol. The lowest BCUT2D eigenvalue weighted by Gasteiger charge is -2.14. The fraction of sp³-hybridized carbons (Fsp3) is 0.115. The monoisotopic (exact) mass is 442 g/mol. The second-order valence-electron chi connectivity index (χ2n) is 7.48. The number of benzene rings is 3. The van der Waals surface area contributed by atoms with E-state index in [0.717, 1.165) is 28.3 Å². The highest BCUT2D eigenvalue weighted by molar-refractivity contribution is 5.95. The van der Waals surface area contributed by atoms with Crippen molar-refractivity contribution >= 4 is 23.7 Å². The summed E-state index contributed by atoms with van der Waals surface area (Å²) in [5.74, 6) is -1.45. The fourth-order valence-electron chi connectivity index (χ4n) is 3.87. The molecule has 0 aromatic heterocycles. The van der Waals surface area contributed by atoms with Gasteiger partial charge in [0.05, 0.1) is 0 Å². The zero-order chi connectivity index (χ0) is 23.2. The molecule has 7 heteroatoms. The Morgan fingerprint density at radius 2 is 1.48 bits per heavy atom. The summed E-state index contributed by atoms with van der Waals surface area (Å²) >= 11 is 0. The van der Waals surface area contributed by atoms with Gasteiger partial charge >= 0.3 is 12.1 Å². The quantitative estimate of drug-likeness (QED) is 0.470. The van der Waals surface area contributed by atoms with E-state index in [-0.39, 0.29) is 25.0 Å². The number of amides is 2. The molecule has 0 fully saturated rings. The summed E-state index contributed by atoms with van der Waals surface area (Å²) < 4.78 is 5.52. The summed E-state index contributed by atoms with van der Waals surface area (Å²) in [5.41, 5.74) is 5.48. The van der Waals surface area contributed by atoms with Gasteiger partial charge in [0.1, 0.15) is 6.61 Å². The summed E-state index contributed by atoms with van der Waals surface area (Å²) in [6, 6.07) is 22.6. The van der Waals surface area contributed by atoms with Crippen molar-refractivity contribution in [2.75, 3.05) is 18.5 Å². The lowest BCUT2D eigenvalue weighted by atomic mass is 9.98. The van der Waals surface area contributed by atoms with Crippen LogP contribution >= 0.6 is 0 Å². The van der Waals surface area contributed by atoms with Crippen LogP contribution in [0.15, 0.2) is 84.9 Å². The summed E-state index contributed by atoms with van der Waals surface area (Å²) in [6.07, 6.45) is 1.72. The second kappa shape index (κ2) is 9.82. The summed E-state index contributed by atoms with van der Waals surface area (Å²) in [7, 11) is 0. The number of carbonyl (C=O) groups excluding carboxylic acids is 2. The predicted octanol–water partition coefficient (Wildman–Crippen LogP) is 4.42. The van der Waals surface area contributed by atoms with E-state index < -0.39 is 12.1 Å². The number of rotatable bonds is 7. The van der Waals surface area contributed by atoms with Crippen molar-refractivity contribution in [2.45, 2.75) is 5.92 Å². The van der Waals surface area contributed by atoms with E-state index >= 15 is 0 Å². The molecule has 3 aromatic rings. The molecule has 0 saturated carbocycles. The molecule has 4 rings (SSSR count). The van der Waals surface area contributed by atoms with Gasteiger partial charge in [-0.25, -0.2) is 9.59 Å². The van der Waals surface area contributed by atoms with E-state index in [2.05, 4.69) is 34.9 Å². The summed E-state index contributed by atoms with van der Waals surface area (Å²) in [5, 5.41) is 13.8. The Hall–Kier alpha value is -4.39. The maximum atomic E-state index is 12.4. The average molecular weight is 442 g/mol. The lowest BCUT2D eigenvalue weighted by Crippen LogP contribution is -2.23. The van der Waals surface area contributed by atoms with Gasteiger partial charge in [-0.05, 0) is 46.5 Å². The Labute approximate surface area is 190 Å². The van der Waals surface area contributed by atoms with E-state index in [1.807, 2.05) is 24.3 Å². The molecule has 1 aliphatic rings. The van der Waals surface area contributed by atoms with Crippen LogP contribution in [-0.4, -0.2) is 36.2 Å². The molecule has 0 saturated heterocycles. The van der Waals surface area contributed by atoms with Crippen molar-refractivity contribution < 1.29 is 24.2 Å². The number of anilines is 1. The van der Waals surface area contributed by atoms with Gasteiger partial charge in [-0.3, -0.25) is 10.1 Å². The van der Waals surface area contributed by atoms with Crippen LogP contribution in [-0.2, 0) is 9.53 Å². The first kappa shape index (κ1) is 21.8. The molecule has 0 unspecified atom stereocenters. The number of nitrogens with one attached hydrogen (secondary N) is 2. The third kappa shape index (κ3) is 5.10. The molecule has 0 aliphatic heterocycles. The van der Waals surface area contributed by atoms with Crippen LogP contribution in [0.5, 0.6) is 0 Å². The molecule has 0 heterocycles. The van der Waals surface area contributed by atoms with Gasteiger partial charge in [0.2, 0.25) is 0 Å². The lowest BCUT2D eigenvalue weighted by molar-refractivity contribution is -0.131. The molecule has 1 aliphatic carbocycles. The molecule has 166 valence electrons. The van der Waals surface area contributed by atoms with Crippen molar-refractivity contribution in [2.24, 2.45) is 0 Å². The Balaban J connectivity index is 1.32. The highest BCUT2D eigenvalue weighted by atomic mass is 16.5. The van der Waals surface area contributed by atoms with E-state index in [4.69, 9.17) is 9.84 Å². The first-order valence-corrected chi connectivity index (χ1v) is 10.4. The molecule has 3 N–H and O–H groups in total. The third-order valence-corrected chi connectivity index (χ3v) is 5.38. The topological polar surface area (TPSA) is 105 Å². The predicted molar refractivity (Wildman–Crippen MR) is 124 cm³/mol. The average Bonchev–Trinajstić information content (AvgIpc) is 3.14. The maximum Gasteiger partial charge on any atom is 0.411 e. The van der Waals surface area contributed by atoms with E-state index in [1.54, 1.807) is 24.3 Å². The van der Waals surface area contributed by atoms with Crippen LogP contribution in [0.1, 0.15) is 27.4 Å². The van der Waals surface area contributed by atoms with Crippen molar-refractivity contribution in [3.8, 4) is 11.1 Å². The standard InChI is InChI=1S/C26H22N2O5/c29-24(30)10-5-15-27-25(31)17-11-13-18(14-12-17)28-26(32)33-16-23-21-8-3-1-6-19(21)20-7-2-4-9-22(20)23/h1-14,23H,15-16H2,(H,27,31)(H,28,32)(H,29,30)/b10-5+. The van der Waals surface area contributed by atoms with Crippen LogP contribution in [0.2, 0.25) is 0 Å². The van der Waals surface area contributed by atoms with Crippen molar-refractivity contribution in [1.82, 2.24) is 5.32 Å². The molecule has 0 atom stereocenters. The van der Waals surface area contributed by atoms with Gasteiger partial charge in [-0.2, -0.15) is 0 Å². The highest BCUT2D eigenvalue weighted by Gasteiger charge is 2.28. The smallest absolute Gasteiger partial charge is 0.411 e. The van der Waals surface area contributed by atoms with Crippen molar-refractivity contribution in [1.29, 1.82) is 0 Å². The molecular formula is C26H22N2O5. The molecule has 33 heavy (non-hydrogen) atoms. The van der Waals surface area contributed by atoms with Crippen LogP contribution in [0.25, 0.3) is 11.1 Å². The van der Waals surface area contributed by atoms with Crippen LogP contribution in [0.3, 0.4) is 0 Å². The molecule has 0 radical (unpaired) electrons.